The van der Waals surface area contributed by atoms with E-state index in [-0.39, 0.29) is 11.3 Å². The van der Waals surface area contributed by atoms with Crippen molar-refractivity contribution in [3.05, 3.63) is 115 Å². The lowest BCUT2D eigenvalue weighted by atomic mass is 9.92. The highest BCUT2D eigenvalue weighted by Crippen LogP contribution is 2.35. The Morgan fingerprint density at radius 1 is 0.863 bits per heavy atom. The number of hydrogen-bond acceptors (Lipinski definition) is 8. The maximum atomic E-state index is 13.5. The van der Waals surface area contributed by atoms with Gasteiger partial charge in [0.1, 0.15) is 17.3 Å². The molecule has 0 aliphatic carbocycles. The summed E-state index contributed by atoms with van der Waals surface area (Å²) in [6, 6.07) is 28.9. The van der Waals surface area contributed by atoms with Crippen LogP contribution in [-0.4, -0.2) is 45.3 Å². The van der Waals surface area contributed by atoms with E-state index in [1.807, 2.05) is 67.6 Å². The number of rotatable bonds is 11. The topological polar surface area (TPSA) is 144 Å². The molecule has 0 saturated carbocycles. The lowest BCUT2D eigenvalue weighted by molar-refractivity contribution is 0.0953. The van der Waals surface area contributed by atoms with Crippen LogP contribution in [0.2, 0.25) is 0 Å². The van der Waals surface area contributed by atoms with Gasteiger partial charge in [-0.3, -0.25) is 10.1 Å². The summed E-state index contributed by atoms with van der Waals surface area (Å²) in [6.07, 6.45) is 2.44. The van der Waals surface area contributed by atoms with Crippen molar-refractivity contribution in [1.82, 2.24) is 25.1 Å². The maximum absolute atomic E-state index is 13.5. The summed E-state index contributed by atoms with van der Waals surface area (Å²) >= 11 is 0. The molecule has 12 nitrogen and oxygen atoms in total. The zero-order valence-corrected chi connectivity index (χ0v) is 29.2. The second-order valence-electron chi connectivity index (χ2n) is 12.8. The molecule has 0 spiro atoms. The molecular formula is C39H40N8O4. The van der Waals surface area contributed by atoms with E-state index >= 15 is 0 Å². The Labute approximate surface area is 296 Å². The van der Waals surface area contributed by atoms with Gasteiger partial charge in [0.15, 0.2) is 0 Å². The van der Waals surface area contributed by atoms with Crippen LogP contribution in [-0.2, 0) is 5.41 Å². The summed E-state index contributed by atoms with van der Waals surface area (Å²) in [6.45, 7) is 8.82. The van der Waals surface area contributed by atoms with Crippen LogP contribution < -0.4 is 30.7 Å². The fourth-order valence-corrected chi connectivity index (χ4v) is 5.28. The first-order chi connectivity index (χ1) is 24.6. The van der Waals surface area contributed by atoms with Crippen LogP contribution in [0.3, 0.4) is 0 Å². The molecule has 51 heavy (non-hydrogen) atoms. The summed E-state index contributed by atoms with van der Waals surface area (Å²) in [5.74, 6) is 2.27. The Hall–Kier alpha value is -6.43. The molecule has 0 saturated heterocycles. The van der Waals surface area contributed by atoms with Crippen molar-refractivity contribution in [2.45, 2.75) is 39.5 Å². The number of ether oxygens (including phenoxy) is 2. The minimum atomic E-state index is -0.428. The lowest BCUT2D eigenvalue weighted by Gasteiger charge is -2.14. The molecule has 6 aromatic rings. The monoisotopic (exact) mass is 684 g/mol. The molecule has 0 bridgehead atoms. The molecule has 0 aliphatic heterocycles. The van der Waals surface area contributed by atoms with Gasteiger partial charge in [0.25, 0.3) is 5.91 Å². The summed E-state index contributed by atoms with van der Waals surface area (Å²) in [5.41, 5.74) is 3.15. The molecule has 6 rings (SSSR count). The van der Waals surface area contributed by atoms with Gasteiger partial charge in [-0.25, -0.2) is 14.5 Å². The average molecular weight is 685 g/mol. The first kappa shape index (κ1) is 34.4. The standard InChI is InChI=1S/C39H40N8O4/c1-6-21-40-36(48)25-10-9-11-26(23-25)42-37-41-22-20-35(45-37)51-32-19-18-31(29-12-7-8-13-30(29)32)43-38(49)44-34-24-33(39(2,3)4)46-47(34)27-14-16-28(50-5)17-15-27/h7-20,22-24H,6,21H2,1-5H3,(H,40,48)(H,41,42,45)(H2,43,44,49). The second kappa shape index (κ2) is 15.0. The van der Waals surface area contributed by atoms with E-state index in [4.69, 9.17) is 14.6 Å². The molecule has 0 radical (unpaired) electrons. The van der Waals surface area contributed by atoms with E-state index in [0.29, 0.717) is 46.9 Å². The van der Waals surface area contributed by atoms with Crippen molar-refractivity contribution in [3.8, 4) is 23.1 Å². The number of aromatic nitrogens is 4. The van der Waals surface area contributed by atoms with E-state index in [1.165, 1.54) is 0 Å². The molecule has 0 fully saturated rings. The summed E-state index contributed by atoms with van der Waals surface area (Å²) in [4.78, 5) is 34.8. The van der Waals surface area contributed by atoms with Gasteiger partial charge in [0.2, 0.25) is 11.8 Å². The molecule has 0 aliphatic rings. The van der Waals surface area contributed by atoms with E-state index in [2.05, 4.69) is 52.0 Å². The smallest absolute Gasteiger partial charge is 0.324 e. The van der Waals surface area contributed by atoms with Gasteiger partial charge < -0.3 is 25.4 Å². The minimum Gasteiger partial charge on any atom is -0.497 e. The number of nitrogens with zero attached hydrogens (tertiary/aromatic N) is 4. The maximum Gasteiger partial charge on any atom is 0.324 e. The van der Waals surface area contributed by atoms with Gasteiger partial charge in [-0.2, -0.15) is 10.1 Å². The first-order valence-corrected chi connectivity index (χ1v) is 16.6. The molecule has 2 heterocycles. The van der Waals surface area contributed by atoms with Crippen molar-refractivity contribution in [1.29, 1.82) is 0 Å². The van der Waals surface area contributed by atoms with Crippen LogP contribution in [0, 0.1) is 0 Å². The van der Waals surface area contributed by atoms with Crippen LogP contribution in [0.4, 0.5) is 27.9 Å². The second-order valence-corrected chi connectivity index (χ2v) is 12.8. The van der Waals surface area contributed by atoms with Crippen molar-refractivity contribution in [3.63, 3.8) is 0 Å². The highest BCUT2D eigenvalue weighted by atomic mass is 16.5. The number of urea groups is 1. The predicted molar refractivity (Wildman–Crippen MR) is 200 cm³/mol. The molecule has 0 atom stereocenters. The molecule has 2 aromatic heterocycles. The van der Waals surface area contributed by atoms with Crippen molar-refractivity contribution < 1.29 is 19.1 Å². The Morgan fingerprint density at radius 2 is 1.65 bits per heavy atom. The van der Waals surface area contributed by atoms with E-state index in [1.54, 1.807) is 54.4 Å². The number of benzene rings is 4. The van der Waals surface area contributed by atoms with Gasteiger partial charge in [-0.1, -0.05) is 58.0 Å². The Bertz CT molecular complexity index is 2170. The summed E-state index contributed by atoms with van der Waals surface area (Å²) in [5, 5.41) is 18.4. The summed E-state index contributed by atoms with van der Waals surface area (Å²) in [7, 11) is 1.62. The Morgan fingerprint density at radius 3 is 2.39 bits per heavy atom. The Kier molecular flexibility index (Phi) is 10.1. The highest BCUT2D eigenvalue weighted by Gasteiger charge is 2.22. The van der Waals surface area contributed by atoms with Crippen molar-refractivity contribution >= 4 is 45.9 Å². The SMILES string of the molecule is CCCNC(=O)c1cccc(Nc2nccc(Oc3ccc(NC(=O)Nc4cc(C(C)(C)C)nn4-c4ccc(OC)cc4)c4ccccc34)n2)c1. The van der Waals surface area contributed by atoms with Crippen LogP contribution in [0.25, 0.3) is 16.5 Å². The molecule has 4 N–H and O–H groups in total. The largest absolute Gasteiger partial charge is 0.497 e. The molecule has 0 unspecified atom stereocenters. The van der Waals surface area contributed by atoms with E-state index in [9.17, 15) is 9.59 Å². The lowest BCUT2D eigenvalue weighted by Crippen LogP contribution is -2.23. The van der Waals surface area contributed by atoms with Crippen molar-refractivity contribution in [2.24, 2.45) is 0 Å². The third-order valence-electron chi connectivity index (χ3n) is 7.93. The van der Waals surface area contributed by atoms with Crippen LogP contribution >= 0.6 is 0 Å². The Balaban J connectivity index is 1.20. The molecule has 3 amide bonds. The fraction of sp³-hybridized carbons (Fsp3) is 0.205. The van der Waals surface area contributed by atoms with E-state index < -0.39 is 6.03 Å². The van der Waals surface area contributed by atoms with E-state index in [0.717, 1.165) is 34.3 Å². The number of hydrogen-bond donors (Lipinski definition) is 4. The minimum absolute atomic E-state index is 0.143. The average Bonchev–Trinajstić information content (AvgIpc) is 3.56. The molecule has 4 aromatic carbocycles. The number of anilines is 4. The molecular weight excluding hydrogens is 644 g/mol. The number of nitrogens with one attached hydrogen (secondary N) is 4. The third kappa shape index (κ3) is 8.24. The number of methoxy groups -OCH3 is 1. The molecule has 260 valence electrons. The number of carbonyl (C=O) groups is 2. The van der Waals surface area contributed by atoms with Crippen LogP contribution in [0.1, 0.15) is 50.2 Å². The zero-order valence-electron chi connectivity index (χ0n) is 29.2. The number of fused-ring (bicyclic) bond motifs is 1. The normalized spacial score (nSPS) is 11.2. The van der Waals surface area contributed by atoms with Gasteiger partial charge in [-0.05, 0) is 61.0 Å². The van der Waals surface area contributed by atoms with Gasteiger partial charge >= 0.3 is 6.03 Å². The molecule has 12 heteroatoms. The number of carbonyl (C=O) groups excluding carboxylic acids is 2. The van der Waals surface area contributed by atoms with Crippen LogP contribution in [0.5, 0.6) is 17.4 Å². The van der Waals surface area contributed by atoms with Gasteiger partial charge in [0, 0.05) is 52.3 Å². The van der Waals surface area contributed by atoms with Gasteiger partial charge in [-0.15, -0.1) is 0 Å². The quantitative estimate of drug-likeness (QED) is 0.106. The zero-order chi connectivity index (χ0) is 36.0. The van der Waals surface area contributed by atoms with Crippen LogP contribution in [0.15, 0.2) is 103 Å². The number of amides is 3. The predicted octanol–water partition coefficient (Wildman–Crippen LogP) is 8.44. The fourth-order valence-electron chi connectivity index (χ4n) is 5.28. The highest BCUT2D eigenvalue weighted by molar-refractivity contribution is 6.07. The summed E-state index contributed by atoms with van der Waals surface area (Å²) < 4.78 is 13.3. The third-order valence-corrected chi connectivity index (χ3v) is 7.93. The van der Waals surface area contributed by atoms with Gasteiger partial charge in [0.05, 0.1) is 24.2 Å². The first-order valence-electron chi connectivity index (χ1n) is 16.6. The van der Waals surface area contributed by atoms with Crippen molar-refractivity contribution in [2.75, 3.05) is 29.6 Å².